The van der Waals surface area contributed by atoms with Crippen LogP contribution in [0.4, 0.5) is 11.1 Å². The van der Waals surface area contributed by atoms with E-state index in [0.717, 1.165) is 11.6 Å². The van der Waals surface area contributed by atoms with Gasteiger partial charge in [-0.3, -0.25) is 0 Å². The third-order valence-corrected chi connectivity index (χ3v) is 2.42. The molecule has 0 aromatic carbocycles. The van der Waals surface area contributed by atoms with E-state index in [1.807, 2.05) is 0 Å². The van der Waals surface area contributed by atoms with Crippen molar-refractivity contribution in [2.24, 2.45) is 0 Å². The van der Waals surface area contributed by atoms with E-state index in [1.165, 1.54) is 11.5 Å². The molecule has 0 radical (unpaired) electrons. The zero-order chi connectivity index (χ0) is 9.19. The number of nitrogens with zero attached hydrogens (tertiary/aromatic N) is 2. The first kappa shape index (κ1) is 9.25. The second-order valence-electron chi connectivity index (χ2n) is 3.32. The van der Waals surface area contributed by atoms with Crippen LogP contribution in [0.1, 0.15) is 27.2 Å². The Morgan fingerprint density at radius 2 is 2.25 bits per heavy atom. The van der Waals surface area contributed by atoms with Crippen LogP contribution in [0.2, 0.25) is 0 Å². The van der Waals surface area contributed by atoms with Gasteiger partial charge >= 0.3 is 0 Å². The minimum absolute atomic E-state index is 0.0615. The van der Waals surface area contributed by atoms with Crippen LogP contribution in [0.3, 0.4) is 0 Å². The molecule has 0 bridgehead atoms. The van der Waals surface area contributed by atoms with E-state index < -0.39 is 0 Å². The fraction of sp³-hybridized carbons (Fsp3) is 0.714. The molecule has 0 aliphatic rings. The lowest BCUT2D eigenvalue weighted by molar-refractivity contribution is 0.547. The van der Waals surface area contributed by atoms with Crippen molar-refractivity contribution in [2.45, 2.75) is 32.7 Å². The summed E-state index contributed by atoms with van der Waals surface area (Å²) in [6.45, 7) is 6.35. The molecule has 0 saturated heterocycles. The number of hydrogen-bond acceptors (Lipinski definition) is 5. The van der Waals surface area contributed by atoms with Crippen molar-refractivity contribution in [3.63, 3.8) is 0 Å². The van der Waals surface area contributed by atoms with Gasteiger partial charge in [-0.1, -0.05) is 6.92 Å². The maximum absolute atomic E-state index is 5.39. The molecule has 1 aromatic heterocycles. The lowest BCUT2D eigenvalue weighted by Gasteiger charge is -2.23. The Bertz CT molecular complexity index is 256. The predicted molar refractivity (Wildman–Crippen MR) is 52.3 cm³/mol. The van der Waals surface area contributed by atoms with E-state index in [4.69, 9.17) is 5.73 Å². The Labute approximate surface area is 76.4 Å². The molecule has 0 saturated carbocycles. The Morgan fingerprint density at radius 1 is 1.58 bits per heavy atom. The molecule has 0 fully saturated rings. The zero-order valence-electron chi connectivity index (χ0n) is 7.59. The number of anilines is 2. The lowest BCUT2D eigenvalue weighted by Crippen LogP contribution is -2.29. The van der Waals surface area contributed by atoms with Crippen LogP contribution >= 0.6 is 11.5 Å². The number of nitrogens with two attached hydrogens (primary N) is 1. The number of hydrogen-bond donors (Lipinski definition) is 2. The third-order valence-electron chi connectivity index (χ3n) is 1.77. The zero-order valence-corrected chi connectivity index (χ0v) is 8.40. The molecular formula is C7H14N4S. The van der Waals surface area contributed by atoms with Crippen molar-refractivity contribution in [3.05, 3.63) is 0 Å². The van der Waals surface area contributed by atoms with E-state index >= 15 is 0 Å². The van der Waals surface area contributed by atoms with Crippen molar-refractivity contribution in [3.8, 4) is 0 Å². The molecule has 0 amide bonds. The minimum atomic E-state index is 0.0615. The highest BCUT2D eigenvalue weighted by Crippen LogP contribution is 2.19. The number of rotatable bonds is 3. The van der Waals surface area contributed by atoms with E-state index in [9.17, 15) is 0 Å². The van der Waals surface area contributed by atoms with E-state index in [0.29, 0.717) is 5.95 Å². The molecule has 0 unspecified atom stereocenters. The van der Waals surface area contributed by atoms with Crippen molar-refractivity contribution in [2.75, 3.05) is 11.1 Å². The molecule has 4 nitrogen and oxygen atoms in total. The Balaban J connectivity index is 2.63. The van der Waals surface area contributed by atoms with Crippen LogP contribution < -0.4 is 11.1 Å². The highest BCUT2D eigenvalue weighted by Gasteiger charge is 2.15. The van der Waals surface area contributed by atoms with Gasteiger partial charge in [0, 0.05) is 17.1 Å². The van der Waals surface area contributed by atoms with Gasteiger partial charge in [-0.15, -0.1) is 0 Å². The fourth-order valence-corrected chi connectivity index (χ4v) is 1.34. The van der Waals surface area contributed by atoms with Crippen LogP contribution in [0, 0.1) is 0 Å². The first-order chi connectivity index (χ1) is 5.53. The average molecular weight is 186 g/mol. The first-order valence-electron chi connectivity index (χ1n) is 3.91. The van der Waals surface area contributed by atoms with E-state index in [1.54, 1.807) is 0 Å². The number of aromatic nitrogens is 2. The molecule has 3 N–H and O–H groups in total. The van der Waals surface area contributed by atoms with Gasteiger partial charge in [0.1, 0.15) is 0 Å². The van der Waals surface area contributed by atoms with E-state index in [-0.39, 0.29) is 5.54 Å². The highest BCUT2D eigenvalue weighted by molar-refractivity contribution is 7.09. The summed E-state index contributed by atoms with van der Waals surface area (Å²) in [5, 5.41) is 4.04. The van der Waals surface area contributed by atoms with Gasteiger partial charge in [-0.2, -0.15) is 9.36 Å². The summed E-state index contributed by atoms with van der Waals surface area (Å²) in [5.74, 6) is 0.342. The van der Waals surface area contributed by atoms with Crippen LogP contribution in [-0.4, -0.2) is 14.9 Å². The second kappa shape index (κ2) is 3.26. The van der Waals surface area contributed by atoms with Gasteiger partial charge in [-0.05, 0) is 20.3 Å². The van der Waals surface area contributed by atoms with E-state index in [2.05, 4.69) is 35.4 Å². The Morgan fingerprint density at radius 3 is 2.67 bits per heavy atom. The normalized spacial score (nSPS) is 11.6. The maximum Gasteiger partial charge on any atom is 0.233 e. The van der Waals surface area contributed by atoms with Crippen molar-refractivity contribution in [1.82, 2.24) is 9.36 Å². The molecule has 1 rings (SSSR count). The van der Waals surface area contributed by atoms with Gasteiger partial charge in [-0.25, -0.2) is 0 Å². The first-order valence-corrected chi connectivity index (χ1v) is 4.68. The maximum atomic E-state index is 5.39. The summed E-state index contributed by atoms with van der Waals surface area (Å²) < 4.78 is 3.88. The summed E-state index contributed by atoms with van der Waals surface area (Å²) in [5.41, 5.74) is 5.45. The topological polar surface area (TPSA) is 63.8 Å². The molecular weight excluding hydrogens is 172 g/mol. The molecule has 0 aliphatic heterocycles. The fourth-order valence-electron chi connectivity index (χ4n) is 0.664. The number of nitrogens with one attached hydrogen (secondary N) is 1. The average Bonchev–Trinajstić information content (AvgIpc) is 2.35. The summed E-state index contributed by atoms with van der Waals surface area (Å²) in [6.07, 6.45) is 1.03. The largest absolute Gasteiger partial charge is 0.367 e. The van der Waals surface area contributed by atoms with Crippen molar-refractivity contribution in [1.29, 1.82) is 0 Å². The summed E-state index contributed by atoms with van der Waals surface area (Å²) >= 11 is 1.29. The molecule has 12 heavy (non-hydrogen) atoms. The van der Waals surface area contributed by atoms with Crippen LogP contribution in [-0.2, 0) is 0 Å². The molecule has 5 heteroatoms. The minimum Gasteiger partial charge on any atom is -0.367 e. The highest BCUT2D eigenvalue weighted by atomic mass is 32.1. The van der Waals surface area contributed by atoms with Crippen molar-refractivity contribution >= 4 is 22.6 Å². The Hall–Kier alpha value is -0.840. The molecule has 0 aliphatic carbocycles. The standard InChI is InChI=1S/C7H14N4S/c1-4-7(2,3)10-6-9-5(8)11-12-6/h4H2,1-3H3,(H3,8,9,10,11). The van der Waals surface area contributed by atoms with Crippen LogP contribution in [0.15, 0.2) is 0 Å². The SMILES string of the molecule is CCC(C)(C)Nc1nc(N)ns1. The molecule has 1 heterocycles. The van der Waals surface area contributed by atoms with Gasteiger partial charge < -0.3 is 11.1 Å². The molecule has 1 aromatic rings. The lowest BCUT2D eigenvalue weighted by atomic mass is 10.0. The van der Waals surface area contributed by atoms with Crippen molar-refractivity contribution < 1.29 is 0 Å². The molecule has 0 atom stereocenters. The van der Waals surface area contributed by atoms with Gasteiger partial charge in [0.2, 0.25) is 11.1 Å². The van der Waals surface area contributed by atoms with Crippen LogP contribution in [0.25, 0.3) is 0 Å². The van der Waals surface area contributed by atoms with Crippen LogP contribution in [0.5, 0.6) is 0 Å². The summed E-state index contributed by atoms with van der Waals surface area (Å²) in [4.78, 5) is 4.02. The quantitative estimate of drug-likeness (QED) is 0.754. The number of nitrogen functional groups attached to an aromatic ring is 1. The summed E-state index contributed by atoms with van der Waals surface area (Å²) in [6, 6.07) is 0. The molecule has 68 valence electrons. The smallest absolute Gasteiger partial charge is 0.233 e. The van der Waals surface area contributed by atoms with Gasteiger partial charge in [0.25, 0.3) is 0 Å². The molecule has 0 spiro atoms. The summed E-state index contributed by atoms with van der Waals surface area (Å²) in [7, 11) is 0. The third kappa shape index (κ3) is 2.34. The van der Waals surface area contributed by atoms with Gasteiger partial charge in [0.15, 0.2) is 0 Å². The Kier molecular flexibility index (Phi) is 2.52. The predicted octanol–water partition coefficient (Wildman–Crippen LogP) is 1.72. The monoisotopic (exact) mass is 186 g/mol. The van der Waals surface area contributed by atoms with Gasteiger partial charge in [0.05, 0.1) is 0 Å². The second-order valence-corrected chi connectivity index (χ2v) is 4.07.